The molecule has 0 aromatic rings. The molecule has 0 radical (unpaired) electrons. The summed E-state index contributed by atoms with van der Waals surface area (Å²) in [5.41, 5.74) is -0.971. The SMILES string of the molecule is CCNC(=O)C(C)NC(=O)CC1(C(=O)O)CCCCCC1. The molecule has 6 heteroatoms. The van der Waals surface area contributed by atoms with Gasteiger partial charge in [-0.3, -0.25) is 14.4 Å². The van der Waals surface area contributed by atoms with Crippen LogP contribution in [0, 0.1) is 5.41 Å². The molecule has 1 atom stereocenters. The van der Waals surface area contributed by atoms with Crippen molar-refractivity contribution in [1.82, 2.24) is 10.6 Å². The maximum absolute atomic E-state index is 12.1. The Bertz CT molecular complexity index is 387. The second-order valence-electron chi connectivity index (χ2n) is 5.86. The molecule has 1 aliphatic carbocycles. The molecule has 1 unspecified atom stereocenters. The number of carboxylic acid groups (broad SMARTS) is 1. The van der Waals surface area contributed by atoms with E-state index in [0.717, 1.165) is 25.7 Å². The van der Waals surface area contributed by atoms with Crippen molar-refractivity contribution in [3.8, 4) is 0 Å². The summed E-state index contributed by atoms with van der Waals surface area (Å²) in [6.45, 7) is 3.90. The second-order valence-corrected chi connectivity index (χ2v) is 5.86. The molecule has 6 nitrogen and oxygen atoms in total. The van der Waals surface area contributed by atoms with E-state index in [1.807, 2.05) is 0 Å². The standard InChI is InChI=1S/C15H26N2O4/c1-3-16-13(19)11(2)17-12(18)10-15(14(20)21)8-6-4-5-7-9-15/h11H,3-10H2,1-2H3,(H,16,19)(H,17,18)(H,20,21). The second kappa shape index (κ2) is 8.00. The van der Waals surface area contributed by atoms with Crippen LogP contribution in [0.5, 0.6) is 0 Å². The molecule has 0 aromatic heterocycles. The molecule has 2 amide bonds. The predicted octanol–water partition coefficient (Wildman–Crippen LogP) is 1.44. The Labute approximate surface area is 125 Å². The van der Waals surface area contributed by atoms with Gasteiger partial charge in [0.05, 0.1) is 5.41 Å². The van der Waals surface area contributed by atoms with E-state index in [4.69, 9.17) is 0 Å². The third-order valence-corrected chi connectivity index (χ3v) is 4.14. The van der Waals surface area contributed by atoms with E-state index in [1.165, 1.54) is 0 Å². The highest BCUT2D eigenvalue weighted by molar-refractivity contribution is 5.89. The normalized spacial score (nSPS) is 19.1. The van der Waals surface area contributed by atoms with Gasteiger partial charge in [0.15, 0.2) is 0 Å². The number of nitrogens with one attached hydrogen (secondary N) is 2. The summed E-state index contributed by atoms with van der Waals surface area (Å²) in [5, 5.41) is 14.8. The zero-order chi connectivity index (χ0) is 15.9. The Morgan fingerprint density at radius 1 is 1.14 bits per heavy atom. The van der Waals surface area contributed by atoms with Gasteiger partial charge in [0.1, 0.15) is 6.04 Å². The zero-order valence-electron chi connectivity index (χ0n) is 12.9. The largest absolute Gasteiger partial charge is 0.481 e. The summed E-state index contributed by atoms with van der Waals surface area (Å²) < 4.78 is 0. The topological polar surface area (TPSA) is 95.5 Å². The van der Waals surface area contributed by atoms with Gasteiger partial charge in [0, 0.05) is 13.0 Å². The van der Waals surface area contributed by atoms with Crippen molar-refractivity contribution in [2.24, 2.45) is 5.41 Å². The van der Waals surface area contributed by atoms with Crippen LogP contribution in [-0.2, 0) is 14.4 Å². The maximum Gasteiger partial charge on any atom is 0.310 e. The monoisotopic (exact) mass is 298 g/mol. The molecule has 1 saturated carbocycles. The lowest BCUT2D eigenvalue weighted by molar-refractivity contribution is -0.153. The van der Waals surface area contributed by atoms with Gasteiger partial charge in [-0.2, -0.15) is 0 Å². The predicted molar refractivity (Wildman–Crippen MR) is 78.7 cm³/mol. The van der Waals surface area contributed by atoms with Crippen LogP contribution in [0.2, 0.25) is 0 Å². The lowest BCUT2D eigenvalue weighted by Crippen LogP contribution is -2.47. The molecule has 0 bridgehead atoms. The quantitative estimate of drug-likeness (QED) is 0.647. The Hall–Kier alpha value is -1.59. The Kier molecular flexibility index (Phi) is 6.65. The van der Waals surface area contributed by atoms with Crippen LogP contribution >= 0.6 is 0 Å². The minimum atomic E-state index is -0.971. The van der Waals surface area contributed by atoms with E-state index in [-0.39, 0.29) is 18.2 Å². The van der Waals surface area contributed by atoms with Crippen molar-refractivity contribution in [3.05, 3.63) is 0 Å². The molecule has 21 heavy (non-hydrogen) atoms. The fourth-order valence-corrected chi connectivity index (χ4v) is 2.86. The highest BCUT2D eigenvalue weighted by Crippen LogP contribution is 2.38. The minimum Gasteiger partial charge on any atom is -0.481 e. The minimum absolute atomic E-state index is 0.0495. The molecule has 1 aliphatic rings. The number of rotatable bonds is 6. The van der Waals surface area contributed by atoms with Crippen molar-refractivity contribution in [3.63, 3.8) is 0 Å². The highest BCUT2D eigenvalue weighted by Gasteiger charge is 2.40. The van der Waals surface area contributed by atoms with Crippen molar-refractivity contribution in [2.45, 2.75) is 64.8 Å². The van der Waals surface area contributed by atoms with Crippen molar-refractivity contribution >= 4 is 17.8 Å². The molecule has 0 spiro atoms. The van der Waals surface area contributed by atoms with E-state index in [1.54, 1.807) is 13.8 Å². The highest BCUT2D eigenvalue weighted by atomic mass is 16.4. The van der Waals surface area contributed by atoms with Gasteiger partial charge in [0.25, 0.3) is 0 Å². The summed E-state index contributed by atoms with van der Waals surface area (Å²) in [5.74, 6) is -1.51. The smallest absolute Gasteiger partial charge is 0.310 e. The van der Waals surface area contributed by atoms with E-state index in [9.17, 15) is 19.5 Å². The third kappa shape index (κ3) is 5.02. The molecule has 0 aliphatic heterocycles. The van der Waals surface area contributed by atoms with Crippen molar-refractivity contribution in [2.75, 3.05) is 6.54 Å². The first-order valence-electron chi connectivity index (χ1n) is 7.72. The molecular weight excluding hydrogens is 272 g/mol. The molecular formula is C15H26N2O4. The Morgan fingerprint density at radius 3 is 2.19 bits per heavy atom. The van der Waals surface area contributed by atoms with Crippen LogP contribution in [0.3, 0.4) is 0 Å². The summed E-state index contributed by atoms with van der Waals surface area (Å²) in [4.78, 5) is 35.3. The van der Waals surface area contributed by atoms with E-state index >= 15 is 0 Å². The molecule has 3 N–H and O–H groups in total. The van der Waals surface area contributed by atoms with Gasteiger partial charge >= 0.3 is 5.97 Å². The summed E-state index contributed by atoms with van der Waals surface area (Å²) in [6, 6.07) is -0.644. The number of carbonyl (C=O) groups excluding carboxylic acids is 2. The summed E-state index contributed by atoms with van der Waals surface area (Å²) >= 11 is 0. The number of amides is 2. The number of hydrogen-bond acceptors (Lipinski definition) is 3. The van der Waals surface area contributed by atoms with Crippen LogP contribution in [0.4, 0.5) is 0 Å². The number of carbonyl (C=O) groups is 3. The molecule has 0 saturated heterocycles. The van der Waals surface area contributed by atoms with Crippen LogP contribution < -0.4 is 10.6 Å². The first-order chi connectivity index (χ1) is 9.91. The van der Waals surface area contributed by atoms with Crippen LogP contribution in [0.15, 0.2) is 0 Å². The van der Waals surface area contributed by atoms with Gasteiger partial charge in [0.2, 0.25) is 11.8 Å². The maximum atomic E-state index is 12.1. The number of hydrogen-bond donors (Lipinski definition) is 3. The Morgan fingerprint density at radius 2 is 1.71 bits per heavy atom. The fourth-order valence-electron chi connectivity index (χ4n) is 2.86. The van der Waals surface area contributed by atoms with Crippen molar-refractivity contribution in [1.29, 1.82) is 0 Å². The lowest BCUT2D eigenvalue weighted by Gasteiger charge is -2.27. The van der Waals surface area contributed by atoms with Gasteiger partial charge < -0.3 is 15.7 Å². The summed E-state index contributed by atoms with van der Waals surface area (Å²) in [7, 11) is 0. The van der Waals surface area contributed by atoms with Gasteiger partial charge in [-0.1, -0.05) is 25.7 Å². The first kappa shape index (κ1) is 17.5. The molecule has 120 valence electrons. The first-order valence-corrected chi connectivity index (χ1v) is 7.72. The van der Waals surface area contributed by atoms with Gasteiger partial charge in [-0.05, 0) is 26.7 Å². The average molecular weight is 298 g/mol. The fraction of sp³-hybridized carbons (Fsp3) is 0.800. The van der Waals surface area contributed by atoms with Crippen molar-refractivity contribution < 1.29 is 19.5 Å². The van der Waals surface area contributed by atoms with E-state index in [2.05, 4.69) is 10.6 Å². The molecule has 0 heterocycles. The third-order valence-electron chi connectivity index (χ3n) is 4.14. The number of aliphatic carboxylic acids is 1. The number of carboxylic acids is 1. The molecule has 0 aromatic carbocycles. The van der Waals surface area contributed by atoms with E-state index < -0.39 is 17.4 Å². The number of likely N-dealkylation sites (N-methyl/N-ethyl adjacent to an activating group) is 1. The van der Waals surface area contributed by atoms with Gasteiger partial charge in [-0.25, -0.2) is 0 Å². The van der Waals surface area contributed by atoms with E-state index in [0.29, 0.717) is 19.4 Å². The molecule has 1 rings (SSSR count). The van der Waals surface area contributed by atoms with Crippen LogP contribution in [0.25, 0.3) is 0 Å². The van der Waals surface area contributed by atoms with Gasteiger partial charge in [-0.15, -0.1) is 0 Å². The zero-order valence-corrected chi connectivity index (χ0v) is 12.9. The van der Waals surface area contributed by atoms with Crippen LogP contribution in [0.1, 0.15) is 58.8 Å². The Balaban J connectivity index is 2.64. The van der Waals surface area contributed by atoms with Crippen LogP contribution in [-0.4, -0.2) is 35.5 Å². The molecule has 1 fully saturated rings. The summed E-state index contributed by atoms with van der Waals surface area (Å²) in [6.07, 6.45) is 4.73. The average Bonchev–Trinajstić information content (AvgIpc) is 2.65. The lowest BCUT2D eigenvalue weighted by atomic mass is 9.77.